The number of ether oxygens (including phenoxy) is 1. The second-order valence-corrected chi connectivity index (χ2v) is 10.4. The molecule has 0 aliphatic carbocycles. The van der Waals surface area contributed by atoms with E-state index in [1.54, 1.807) is 0 Å². The molecule has 0 atom stereocenters. The van der Waals surface area contributed by atoms with Gasteiger partial charge in [-0.3, -0.25) is 9.69 Å². The first kappa shape index (κ1) is 23.3. The van der Waals surface area contributed by atoms with Crippen molar-refractivity contribution in [3.8, 4) is 5.75 Å². The van der Waals surface area contributed by atoms with E-state index in [1.807, 2.05) is 60.0 Å². The van der Waals surface area contributed by atoms with Crippen LogP contribution in [-0.2, 0) is 12.1 Å². The van der Waals surface area contributed by atoms with E-state index < -0.39 is 5.60 Å². The molecular weight excluding hydrogens is 448 g/mol. The average molecular weight is 481 g/mol. The minimum Gasteiger partial charge on any atom is -0.494 e. The van der Waals surface area contributed by atoms with Gasteiger partial charge in [-0.2, -0.15) is 11.8 Å². The van der Waals surface area contributed by atoms with E-state index in [2.05, 4.69) is 17.0 Å². The summed E-state index contributed by atoms with van der Waals surface area (Å²) < 4.78 is 11.4. The quantitative estimate of drug-likeness (QED) is 0.560. The van der Waals surface area contributed by atoms with Gasteiger partial charge in [-0.15, -0.1) is 0 Å². The van der Waals surface area contributed by atoms with Crippen LogP contribution in [0, 0.1) is 0 Å². The van der Waals surface area contributed by atoms with E-state index in [4.69, 9.17) is 9.15 Å². The normalized spacial score (nSPS) is 18.8. The second-order valence-electron chi connectivity index (χ2n) is 9.15. The first-order valence-corrected chi connectivity index (χ1v) is 13.3. The highest BCUT2D eigenvalue weighted by molar-refractivity contribution is 7.99. The highest BCUT2D eigenvalue weighted by Crippen LogP contribution is 2.35. The topological polar surface area (TPSA) is 66.2 Å². The van der Waals surface area contributed by atoms with Crippen LogP contribution in [0.25, 0.3) is 11.0 Å². The number of furan rings is 1. The molecule has 0 saturated carbocycles. The molecule has 2 aromatic carbocycles. The Labute approximate surface area is 204 Å². The van der Waals surface area contributed by atoms with E-state index in [1.165, 1.54) is 5.56 Å². The van der Waals surface area contributed by atoms with Gasteiger partial charge in [0, 0.05) is 49.6 Å². The third-order valence-electron chi connectivity index (χ3n) is 6.89. The lowest BCUT2D eigenvalue weighted by atomic mass is 9.84. The number of hydrogen-bond acceptors (Lipinski definition) is 6. The summed E-state index contributed by atoms with van der Waals surface area (Å²) in [5.74, 6) is 3.18. The Bertz CT molecular complexity index is 1130. The fourth-order valence-electron chi connectivity index (χ4n) is 4.85. The molecule has 6 nitrogen and oxygen atoms in total. The number of thioether (sulfide) groups is 1. The molecule has 2 aliphatic rings. The average Bonchev–Trinajstić information content (AvgIpc) is 3.30. The Morgan fingerprint density at radius 2 is 1.79 bits per heavy atom. The van der Waals surface area contributed by atoms with Gasteiger partial charge in [0.05, 0.1) is 12.2 Å². The van der Waals surface area contributed by atoms with Gasteiger partial charge >= 0.3 is 0 Å². The summed E-state index contributed by atoms with van der Waals surface area (Å²) in [5, 5.41) is 12.3. The zero-order valence-corrected chi connectivity index (χ0v) is 20.5. The molecule has 2 saturated heterocycles. The summed E-state index contributed by atoms with van der Waals surface area (Å²) in [6.45, 7) is 6.69. The number of rotatable bonds is 6. The first-order chi connectivity index (χ1) is 16.5. The third-order valence-corrected chi connectivity index (χ3v) is 7.83. The maximum atomic E-state index is 12.8. The molecular formula is C27H32N2O4S. The van der Waals surface area contributed by atoms with Gasteiger partial charge < -0.3 is 19.2 Å². The molecule has 180 valence electrons. The van der Waals surface area contributed by atoms with Gasteiger partial charge in [0.1, 0.15) is 11.3 Å². The number of piperidine rings is 1. The standard InChI is InChI=1S/C27H32N2O4S/c1-2-32-23-6-3-20(4-7-23)19-28-11-9-27(31,10-12-28)22-5-8-24-21(17-22)18-25(33-24)26(30)29-13-15-34-16-14-29/h3-8,17-18,31H,2,9-16,19H2,1H3. The minimum atomic E-state index is -0.866. The molecule has 0 unspecified atom stereocenters. The lowest BCUT2D eigenvalue weighted by molar-refractivity contribution is -0.0276. The van der Waals surface area contributed by atoms with E-state index >= 15 is 0 Å². The summed E-state index contributed by atoms with van der Waals surface area (Å²) in [6, 6.07) is 15.9. The SMILES string of the molecule is CCOc1ccc(CN2CCC(O)(c3ccc4oc(C(=O)N5CCSCC5)cc4c3)CC2)cc1. The van der Waals surface area contributed by atoms with Gasteiger partial charge in [0.25, 0.3) is 5.91 Å². The Morgan fingerprint density at radius 3 is 2.50 bits per heavy atom. The lowest BCUT2D eigenvalue weighted by Gasteiger charge is -2.38. The largest absolute Gasteiger partial charge is 0.494 e. The Balaban J connectivity index is 1.24. The summed E-state index contributed by atoms with van der Waals surface area (Å²) in [6.07, 6.45) is 1.34. The van der Waals surface area contributed by atoms with Crippen molar-refractivity contribution in [2.75, 3.05) is 44.3 Å². The Morgan fingerprint density at radius 1 is 1.06 bits per heavy atom. The van der Waals surface area contributed by atoms with Crippen molar-refractivity contribution in [1.82, 2.24) is 9.80 Å². The minimum absolute atomic E-state index is 0.0423. The van der Waals surface area contributed by atoms with E-state index in [9.17, 15) is 9.90 Å². The van der Waals surface area contributed by atoms with Crippen molar-refractivity contribution >= 4 is 28.6 Å². The zero-order chi connectivity index (χ0) is 23.5. The van der Waals surface area contributed by atoms with Crippen molar-refractivity contribution in [1.29, 1.82) is 0 Å². The smallest absolute Gasteiger partial charge is 0.289 e. The molecule has 0 spiro atoms. The summed E-state index contributed by atoms with van der Waals surface area (Å²) >= 11 is 1.88. The highest BCUT2D eigenvalue weighted by atomic mass is 32.2. The predicted molar refractivity (Wildman–Crippen MR) is 135 cm³/mol. The predicted octanol–water partition coefficient (Wildman–Crippen LogP) is 4.50. The molecule has 0 bridgehead atoms. The van der Waals surface area contributed by atoms with Crippen LogP contribution in [0.15, 0.2) is 52.9 Å². The van der Waals surface area contributed by atoms with Crippen molar-refractivity contribution in [3.63, 3.8) is 0 Å². The van der Waals surface area contributed by atoms with Crippen LogP contribution in [0.4, 0.5) is 0 Å². The van der Waals surface area contributed by atoms with E-state index in [-0.39, 0.29) is 5.91 Å². The molecule has 34 heavy (non-hydrogen) atoms. The number of hydrogen-bond donors (Lipinski definition) is 1. The van der Waals surface area contributed by atoms with Crippen LogP contribution in [0.1, 0.15) is 41.4 Å². The first-order valence-electron chi connectivity index (χ1n) is 12.1. The van der Waals surface area contributed by atoms with Crippen molar-refractivity contribution in [2.45, 2.75) is 31.9 Å². The molecule has 1 N–H and O–H groups in total. The van der Waals surface area contributed by atoms with Crippen LogP contribution >= 0.6 is 11.8 Å². The summed E-state index contributed by atoms with van der Waals surface area (Å²) in [7, 11) is 0. The van der Waals surface area contributed by atoms with Gasteiger partial charge in [0.2, 0.25) is 0 Å². The van der Waals surface area contributed by atoms with Crippen molar-refractivity contribution < 1.29 is 19.1 Å². The number of nitrogens with zero attached hydrogens (tertiary/aromatic N) is 2. The number of aliphatic hydroxyl groups is 1. The number of benzene rings is 2. The molecule has 1 amide bonds. The third kappa shape index (κ3) is 4.97. The van der Waals surface area contributed by atoms with E-state index in [0.717, 1.165) is 60.9 Å². The lowest BCUT2D eigenvalue weighted by Crippen LogP contribution is -2.42. The maximum Gasteiger partial charge on any atom is 0.289 e. The fourth-order valence-corrected chi connectivity index (χ4v) is 5.75. The van der Waals surface area contributed by atoms with Crippen molar-refractivity contribution in [2.24, 2.45) is 0 Å². The van der Waals surface area contributed by atoms with Gasteiger partial charge in [-0.1, -0.05) is 18.2 Å². The maximum absolute atomic E-state index is 12.8. The van der Waals surface area contributed by atoms with Crippen LogP contribution in [0.3, 0.4) is 0 Å². The van der Waals surface area contributed by atoms with Crippen LogP contribution in [0.2, 0.25) is 0 Å². The Hall–Kier alpha value is -2.48. The van der Waals surface area contributed by atoms with Crippen LogP contribution < -0.4 is 4.74 Å². The van der Waals surface area contributed by atoms with Crippen molar-refractivity contribution in [3.05, 3.63) is 65.4 Å². The number of carbonyl (C=O) groups is 1. The molecule has 5 rings (SSSR count). The molecule has 1 aromatic heterocycles. The molecule has 3 aromatic rings. The van der Waals surface area contributed by atoms with E-state index in [0.29, 0.717) is 30.8 Å². The number of likely N-dealkylation sites (tertiary alicyclic amines) is 1. The van der Waals surface area contributed by atoms with Gasteiger partial charge in [-0.25, -0.2) is 0 Å². The monoisotopic (exact) mass is 480 g/mol. The van der Waals surface area contributed by atoms with Gasteiger partial charge in [0.15, 0.2) is 5.76 Å². The molecule has 7 heteroatoms. The number of carbonyl (C=O) groups excluding carboxylic acids is 1. The highest BCUT2D eigenvalue weighted by Gasteiger charge is 2.34. The molecule has 2 fully saturated rings. The number of fused-ring (bicyclic) bond motifs is 1. The molecule has 2 aliphatic heterocycles. The zero-order valence-electron chi connectivity index (χ0n) is 19.7. The Kier molecular flexibility index (Phi) is 6.86. The molecule has 0 radical (unpaired) electrons. The molecule has 3 heterocycles. The number of amides is 1. The van der Waals surface area contributed by atoms with Crippen LogP contribution in [0.5, 0.6) is 5.75 Å². The van der Waals surface area contributed by atoms with Crippen LogP contribution in [-0.4, -0.2) is 65.1 Å². The summed E-state index contributed by atoms with van der Waals surface area (Å²) in [5.41, 5.74) is 1.97. The fraction of sp³-hybridized carbons (Fsp3) is 0.444. The second kappa shape index (κ2) is 10.0. The van der Waals surface area contributed by atoms with Gasteiger partial charge in [-0.05, 0) is 61.2 Å². The summed E-state index contributed by atoms with van der Waals surface area (Å²) in [4.78, 5) is 17.1.